The Hall–Kier alpha value is -2.20. The van der Waals surface area contributed by atoms with E-state index in [4.69, 9.17) is 5.41 Å². The van der Waals surface area contributed by atoms with Gasteiger partial charge in [-0.25, -0.2) is 4.98 Å². The first kappa shape index (κ1) is 13.2. The molecule has 0 spiro atoms. The van der Waals surface area contributed by atoms with Crippen LogP contribution in [0, 0.1) is 12.3 Å². The second kappa shape index (κ2) is 5.20. The first-order chi connectivity index (χ1) is 8.99. The topological polar surface area (TPSA) is 77.2 Å². The SMILES string of the molecule is Cc1ccc(O)cc1C(=N)c1cccc(C(C)O)n1. The van der Waals surface area contributed by atoms with Crippen LogP contribution in [0.1, 0.15) is 35.5 Å². The zero-order chi connectivity index (χ0) is 14.0. The maximum absolute atomic E-state index is 9.53. The Bertz CT molecular complexity index is 621. The quantitative estimate of drug-likeness (QED) is 0.738. The van der Waals surface area contributed by atoms with Gasteiger partial charge < -0.3 is 10.2 Å². The minimum atomic E-state index is -0.668. The van der Waals surface area contributed by atoms with Gasteiger partial charge in [-0.3, -0.25) is 5.41 Å². The van der Waals surface area contributed by atoms with E-state index in [9.17, 15) is 10.2 Å². The third-order valence-corrected chi connectivity index (χ3v) is 2.95. The number of aromatic hydroxyl groups is 1. The monoisotopic (exact) mass is 256 g/mol. The summed E-state index contributed by atoms with van der Waals surface area (Å²) in [6.07, 6.45) is -0.668. The van der Waals surface area contributed by atoms with E-state index >= 15 is 0 Å². The Balaban J connectivity index is 2.44. The fraction of sp³-hybridized carbons (Fsp3) is 0.200. The number of rotatable bonds is 3. The summed E-state index contributed by atoms with van der Waals surface area (Å²) in [5, 5.41) is 27.2. The van der Waals surface area contributed by atoms with Crippen molar-refractivity contribution < 1.29 is 10.2 Å². The molecule has 0 bridgehead atoms. The molecule has 0 fully saturated rings. The number of aryl methyl sites for hydroxylation is 1. The zero-order valence-corrected chi connectivity index (χ0v) is 10.9. The summed E-state index contributed by atoms with van der Waals surface area (Å²) in [7, 11) is 0. The predicted molar refractivity (Wildman–Crippen MR) is 73.6 cm³/mol. The first-order valence-electron chi connectivity index (χ1n) is 6.03. The molecule has 4 heteroatoms. The normalized spacial score (nSPS) is 12.2. The lowest BCUT2D eigenvalue weighted by Gasteiger charge is -2.10. The zero-order valence-electron chi connectivity index (χ0n) is 10.9. The van der Waals surface area contributed by atoms with Crippen molar-refractivity contribution in [3.05, 3.63) is 58.9 Å². The number of aromatic nitrogens is 1. The van der Waals surface area contributed by atoms with Crippen molar-refractivity contribution in [2.45, 2.75) is 20.0 Å². The maximum Gasteiger partial charge on any atom is 0.116 e. The molecule has 3 N–H and O–H groups in total. The van der Waals surface area contributed by atoms with Crippen LogP contribution in [0.2, 0.25) is 0 Å². The van der Waals surface area contributed by atoms with Gasteiger partial charge >= 0.3 is 0 Å². The molecular weight excluding hydrogens is 240 g/mol. The largest absolute Gasteiger partial charge is 0.508 e. The van der Waals surface area contributed by atoms with Crippen LogP contribution in [0.3, 0.4) is 0 Å². The molecule has 1 aromatic heterocycles. The molecule has 0 aliphatic heterocycles. The summed E-state index contributed by atoms with van der Waals surface area (Å²) < 4.78 is 0. The number of hydrogen-bond donors (Lipinski definition) is 3. The van der Waals surface area contributed by atoms with Gasteiger partial charge in [-0.15, -0.1) is 0 Å². The molecule has 0 amide bonds. The number of nitrogens with one attached hydrogen (secondary N) is 1. The molecule has 1 aromatic carbocycles. The van der Waals surface area contributed by atoms with E-state index in [1.165, 1.54) is 0 Å². The van der Waals surface area contributed by atoms with Crippen LogP contribution in [0.5, 0.6) is 5.75 Å². The number of nitrogens with zero attached hydrogens (tertiary/aromatic N) is 1. The Morgan fingerprint density at radius 1 is 1.26 bits per heavy atom. The van der Waals surface area contributed by atoms with E-state index < -0.39 is 6.10 Å². The molecule has 0 saturated carbocycles. The Morgan fingerprint density at radius 2 is 2.00 bits per heavy atom. The lowest BCUT2D eigenvalue weighted by molar-refractivity contribution is 0.194. The second-order valence-corrected chi connectivity index (χ2v) is 4.50. The van der Waals surface area contributed by atoms with Crippen LogP contribution in [-0.4, -0.2) is 20.9 Å². The van der Waals surface area contributed by atoms with Gasteiger partial charge in [0, 0.05) is 5.56 Å². The molecule has 19 heavy (non-hydrogen) atoms. The summed E-state index contributed by atoms with van der Waals surface area (Å²) in [5.41, 5.74) is 2.77. The standard InChI is InChI=1S/C15H16N2O2/c1-9-6-7-11(19)8-12(9)15(16)14-5-3-4-13(17-14)10(2)18/h3-8,10,16,18-19H,1-2H3. The van der Waals surface area contributed by atoms with E-state index in [1.54, 1.807) is 43.3 Å². The Kier molecular flexibility index (Phi) is 3.62. The average molecular weight is 256 g/mol. The summed E-state index contributed by atoms with van der Waals surface area (Å²) in [5.74, 6) is 0.122. The molecular formula is C15H16N2O2. The number of phenols is 1. The maximum atomic E-state index is 9.53. The molecule has 2 rings (SSSR count). The van der Waals surface area contributed by atoms with Crippen LogP contribution in [0.25, 0.3) is 0 Å². The number of pyridine rings is 1. The van der Waals surface area contributed by atoms with Crippen LogP contribution >= 0.6 is 0 Å². The average Bonchev–Trinajstić information content (AvgIpc) is 2.41. The molecule has 1 unspecified atom stereocenters. The minimum Gasteiger partial charge on any atom is -0.508 e. The molecule has 98 valence electrons. The number of aliphatic hydroxyl groups is 1. The van der Waals surface area contributed by atoms with Crippen LogP contribution in [0.4, 0.5) is 0 Å². The Morgan fingerprint density at radius 3 is 2.68 bits per heavy atom. The van der Waals surface area contributed by atoms with Crippen molar-refractivity contribution in [2.75, 3.05) is 0 Å². The van der Waals surface area contributed by atoms with Gasteiger partial charge in [-0.05, 0) is 43.7 Å². The van der Waals surface area contributed by atoms with Crippen LogP contribution < -0.4 is 0 Å². The number of hydrogen-bond acceptors (Lipinski definition) is 4. The van der Waals surface area contributed by atoms with E-state index in [0.29, 0.717) is 17.0 Å². The number of benzene rings is 1. The molecule has 0 aliphatic carbocycles. The van der Waals surface area contributed by atoms with Crippen molar-refractivity contribution in [2.24, 2.45) is 0 Å². The highest BCUT2D eigenvalue weighted by Gasteiger charge is 2.12. The fourth-order valence-electron chi connectivity index (χ4n) is 1.84. The van der Waals surface area contributed by atoms with Crippen molar-refractivity contribution >= 4 is 5.71 Å². The van der Waals surface area contributed by atoms with Crippen molar-refractivity contribution in [3.8, 4) is 5.75 Å². The van der Waals surface area contributed by atoms with Gasteiger partial charge in [0.25, 0.3) is 0 Å². The van der Waals surface area contributed by atoms with Crippen LogP contribution in [0.15, 0.2) is 36.4 Å². The summed E-state index contributed by atoms with van der Waals surface area (Å²) in [4.78, 5) is 4.26. The van der Waals surface area contributed by atoms with E-state index in [1.807, 2.05) is 6.92 Å². The van der Waals surface area contributed by atoms with Gasteiger partial charge in [0.1, 0.15) is 5.75 Å². The van der Waals surface area contributed by atoms with Crippen molar-refractivity contribution in [3.63, 3.8) is 0 Å². The highest BCUT2D eigenvalue weighted by atomic mass is 16.3. The summed E-state index contributed by atoms with van der Waals surface area (Å²) in [6, 6.07) is 10.1. The molecule has 0 saturated heterocycles. The molecule has 0 aliphatic rings. The summed E-state index contributed by atoms with van der Waals surface area (Å²) in [6.45, 7) is 3.51. The third kappa shape index (κ3) is 2.80. The van der Waals surface area contributed by atoms with Gasteiger partial charge in [0.05, 0.1) is 23.2 Å². The molecule has 1 atom stereocenters. The van der Waals surface area contributed by atoms with Crippen LogP contribution in [-0.2, 0) is 0 Å². The van der Waals surface area contributed by atoms with E-state index in [2.05, 4.69) is 4.98 Å². The molecule has 0 radical (unpaired) electrons. The first-order valence-corrected chi connectivity index (χ1v) is 6.03. The summed E-state index contributed by atoms with van der Waals surface area (Å²) >= 11 is 0. The van der Waals surface area contributed by atoms with Gasteiger partial charge in [-0.1, -0.05) is 12.1 Å². The van der Waals surface area contributed by atoms with Gasteiger partial charge in [0.15, 0.2) is 0 Å². The highest BCUT2D eigenvalue weighted by Crippen LogP contribution is 2.19. The lowest BCUT2D eigenvalue weighted by atomic mass is 10.0. The Labute approximate surface area is 111 Å². The van der Waals surface area contributed by atoms with Gasteiger partial charge in [0.2, 0.25) is 0 Å². The fourth-order valence-corrected chi connectivity index (χ4v) is 1.84. The third-order valence-electron chi connectivity index (χ3n) is 2.95. The van der Waals surface area contributed by atoms with Crippen molar-refractivity contribution in [1.82, 2.24) is 4.98 Å². The predicted octanol–water partition coefficient (Wildman–Crippen LogP) is 2.57. The molecule has 4 nitrogen and oxygen atoms in total. The smallest absolute Gasteiger partial charge is 0.116 e. The molecule has 1 heterocycles. The van der Waals surface area contributed by atoms with E-state index in [0.717, 1.165) is 5.56 Å². The van der Waals surface area contributed by atoms with E-state index in [-0.39, 0.29) is 11.5 Å². The van der Waals surface area contributed by atoms with Gasteiger partial charge in [-0.2, -0.15) is 0 Å². The number of aliphatic hydroxyl groups excluding tert-OH is 1. The molecule has 2 aromatic rings. The lowest BCUT2D eigenvalue weighted by Crippen LogP contribution is -2.08. The number of phenolic OH excluding ortho intramolecular Hbond substituents is 1. The van der Waals surface area contributed by atoms with Crippen molar-refractivity contribution in [1.29, 1.82) is 5.41 Å². The second-order valence-electron chi connectivity index (χ2n) is 4.50. The highest BCUT2D eigenvalue weighted by molar-refractivity contribution is 6.10. The minimum absolute atomic E-state index is 0.122.